The molecule has 0 aromatic carbocycles. The molecule has 0 radical (unpaired) electrons. The summed E-state index contributed by atoms with van der Waals surface area (Å²) in [7, 11) is 0. The molecule has 0 saturated carbocycles. The Labute approximate surface area is 80.4 Å². The van der Waals surface area contributed by atoms with E-state index in [2.05, 4.69) is 5.32 Å². The number of carbonyl (C=O) groups is 1. The number of anilines is 1. The maximum absolute atomic E-state index is 11.2. The Kier molecular flexibility index (Phi) is 3.41. The van der Waals surface area contributed by atoms with E-state index in [1.165, 1.54) is 11.3 Å². The van der Waals surface area contributed by atoms with Gasteiger partial charge in [-0.1, -0.05) is 0 Å². The van der Waals surface area contributed by atoms with Gasteiger partial charge in [-0.15, -0.1) is 11.3 Å². The highest BCUT2D eigenvalue weighted by atomic mass is 32.1. The highest BCUT2D eigenvalue weighted by Crippen LogP contribution is 2.21. The summed E-state index contributed by atoms with van der Waals surface area (Å²) in [5.41, 5.74) is 6.33. The minimum atomic E-state index is -0.846. The van der Waals surface area contributed by atoms with E-state index in [4.69, 9.17) is 10.8 Å². The lowest BCUT2D eigenvalue weighted by Crippen LogP contribution is -2.38. The van der Waals surface area contributed by atoms with E-state index in [1.54, 1.807) is 0 Å². The number of hydrogen-bond donors (Lipinski definition) is 3. The number of aryl methyl sites for hydroxylation is 1. The van der Waals surface area contributed by atoms with Gasteiger partial charge in [0.2, 0.25) is 5.91 Å². The molecule has 72 valence electrons. The van der Waals surface area contributed by atoms with Crippen LogP contribution in [0.2, 0.25) is 0 Å². The number of carbonyl (C=O) groups excluding carboxylic acids is 1. The van der Waals surface area contributed by atoms with Gasteiger partial charge in [0.05, 0.1) is 11.6 Å². The lowest BCUT2D eigenvalue weighted by molar-refractivity contribution is -0.118. The number of hydrogen-bond acceptors (Lipinski definition) is 4. The van der Waals surface area contributed by atoms with Crippen LogP contribution >= 0.6 is 11.3 Å². The third-order valence-electron chi connectivity index (χ3n) is 1.63. The fourth-order valence-electron chi connectivity index (χ4n) is 0.788. The Balaban J connectivity index is 2.60. The Morgan fingerprint density at radius 1 is 1.85 bits per heavy atom. The molecule has 1 atom stereocenters. The van der Waals surface area contributed by atoms with E-state index < -0.39 is 6.04 Å². The number of nitrogens with one attached hydrogen (secondary N) is 1. The average molecular weight is 200 g/mol. The van der Waals surface area contributed by atoms with Crippen LogP contribution in [0.3, 0.4) is 0 Å². The number of thiophene rings is 1. The van der Waals surface area contributed by atoms with E-state index in [0.29, 0.717) is 0 Å². The molecule has 1 rings (SSSR count). The van der Waals surface area contributed by atoms with Gasteiger partial charge in [0, 0.05) is 0 Å². The number of nitrogens with two attached hydrogens (primary N) is 1. The first-order valence-electron chi connectivity index (χ1n) is 3.86. The maximum Gasteiger partial charge on any atom is 0.244 e. The zero-order chi connectivity index (χ0) is 9.84. The van der Waals surface area contributed by atoms with E-state index >= 15 is 0 Å². The molecule has 5 heteroatoms. The summed E-state index contributed by atoms with van der Waals surface area (Å²) in [5, 5.41) is 13.9. The molecule has 0 spiro atoms. The molecule has 1 aromatic heterocycles. The van der Waals surface area contributed by atoms with Gasteiger partial charge in [-0.05, 0) is 23.9 Å². The molecule has 0 bridgehead atoms. The van der Waals surface area contributed by atoms with Crippen molar-refractivity contribution in [2.45, 2.75) is 13.0 Å². The Bertz CT molecular complexity index is 298. The van der Waals surface area contributed by atoms with Crippen molar-refractivity contribution >= 4 is 22.2 Å². The summed E-state index contributed by atoms with van der Waals surface area (Å²) >= 11 is 1.44. The van der Waals surface area contributed by atoms with E-state index in [9.17, 15) is 4.79 Å². The van der Waals surface area contributed by atoms with E-state index in [1.807, 2.05) is 18.4 Å². The Morgan fingerprint density at radius 2 is 2.54 bits per heavy atom. The van der Waals surface area contributed by atoms with Gasteiger partial charge < -0.3 is 16.2 Å². The first-order chi connectivity index (χ1) is 6.15. The molecule has 4 nitrogen and oxygen atoms in total. The Hall–Kier alpha value is -0.910. The summed E-state index contributed by atoms with van der Waals surface area (Å²) in [6.45, 7) is 1.56. The normalized spacial score (nSPS) is 12.5. The van der Waals surface area contributed by atoms with Crippen molar-refractivity contribution in [3.63, 3.8) is 0 Å². The molecule has 0 aliphatic rings. The van der Waals surface area contributed by atoms with Gasteiger partial charge >= 0.3 is 0 Å². The second-order valence-electron chi connectivity index (χ2n) is 2.71. The fraction of sp³-hybridized carbons (Fsp3) is 0.375. The molecule has 0 saturated heterocycles. The quantitative estimate of drug-likeness (QED) is 0.657. The van der Waals surface area contributed by atoms with Crippen LogP contribution in [-0.4, -0.2) is 23.7 Å². The minimum Gasteiger partial charge on any atom is -0.394 e. The second-order valence-corrected chi connectivity index (χ2v) is 3.63. The average Bonchev–Trinajstić information content (AvgIpc) is 2.50. The molecule has 1 unspecified atom stereocenters. The SMILES string of the molecule is Cc1ccsc1NC(=O)C(N)CO. The number of aliphatic hydroxyl groups excluding tert-OH is 1. The number of aliphatic hydroxyl groups is 1. The van der Waals surface area contributed by atoms with Gasteiger partial charge in [0.25, 0.3) is 0 Å². The lowest BCUT2D eigenvalue weighted by atomic mass is 10.3. The molecular formula is C8H12N2O2S. The first kappa shape index (κ1) is 10.2. The van der Waals surface area contributed by atoms with Crippen LogP contribution < -0.4 is 11.1 Å². The van der Waals surface area contributed by atoms with Crippen LogP contribution in [0.1, 0.15) is 5.56 Å². The van der Waals surface area contributed by atoms with Gasteiger partial charge in [0.1, 0.15) is 6.04 Å². The molecule has 1 heterocycles. The van der Waals surface area contributed by atoms with Crippen LogP contribution in [0.4, 0.5) is 5.00 Å². The van der Waals surface area contributed by atoms with Crippen LogP contribution in [0.25, 0.3) is 0 Å². The summed E-state index contributed by atoms with van der Waals surface area (Å²) in [6.07, 6.45) is 0. The second kappa shape index (κ2) is 4.36. The molecule has 0 fully saturated rings. The summed E-state index contributed by atoms with van der Waals surface area (Å²) in [6, 6.07) is 1.06. The molecule has 0 aliphatic carbocycles. The molecule has 0 aliphatic heterocycles. The number of amides is 1. The van der Waals surface area contributed by atoms with Crippen molar-refractivity contribution < 1.29 is 9.90 Å². The molecule has 13 heavy (non-hydrogen) atoms. The smallest absolute Gasteiger partial charge is 0.244 e. The maximum atomic E-state index is 11.2. The monoisotopic (exact) mass is 200 g/mol. The van der Waals surface area contributed by atoms with E-state index in [0.717, 1.165) is 10.6 Å². The zero-order valence-electron chi connectivity index (χ0n) is 7.28. The third-order valence-corrected chi connectivity index (χ3v) is 2.56. The summed E-state index contributed by atoms with van der Waals surface area (Å²) < 4.78 is 0. The minimum absolute atomic E-state index is 0.337. The predicted octanol–water partition coefficient (Wildman–Crippen LogP) is 0.315. The summed E-state index contributed by atoms with van der Waals surface area (Å²) in [5.74, 6) is -0.354. The van der Waals surface area contributed by atoms with Crippen molar-refractivity contribution in [1.82, 2.24) is 0 Å². The van der Waals surface area contributed by atoms with Crippen LogP contribution in [0, 0.1) is 6.92 Å². The molecule has 4 N–H and O–H groups in total. The number of rotatable bonds is 3. The molecular weight excluding hydrogens is 188 g/mol. The van der Waals surface area contributed by atoms with Gasteiger partial charge in [-0.25, -0.2) is 0 Å². The van der Waals surface area contributed by atoms with Crippen LogP contribution in [-0.2, 0) is 4.79 Å². The van der Waals surface area contributed by atoms with Crippen LogP contribution in [0.15, 0.2) is 11.4 Å². The van der Waals surface area contributed by atoms with E-state index in [-0.39, 0.29) is 12.5 Å². The van der Waals surface area contributed by atoms with Crippen molar-refractivity contribution in [3.8, 4) is 0 Å². The standard InChI is InChI=1S/C8H12N2O2S/c1-5-2-3-13-8(5)10-7(12)6(9)4-11/h2-3,6,11H,4,9H2,1H3,(H,10,12). The lowest BCUT2D eigenvalue weighted by Gasteiger charge is -2.08. The van der Waals surface area contributed by atoms with Gasteiger partial charge in [-0.2, -0.15) is 0 Å². The van der Waals surface area contributed by atoms with Gasteiger partial charge in [0.15, 0.2) is 0 Å². The topological polar surface area (TPSA) is 75.4 Å². The Morgan fingerprint density at radius 3 is 3.00 bits per heavy atom. The fourth-order valence-corrected chi connectivity index (χ4v) is 1.61. The third kappa shape index (κ3) is 2.51. The van der Waals surface area contributed by atoms with Crippen molar-refractivity contribution in [2.24, 2.45) is 5.73 Å². The molecule has 1 aromatic rings. The summed E-state index contributed by atoms with van der Waals surface area (Å²) in [4.78, 5) is 11.2. The zero-order valence-corrected chi connectivity index (χ0v) is 8.10. The van der Waals surface area contributed by atoms with Crippen LogP contribution in [0.5, 0.6) is 0 Å². The van der Waals surface area contributed by atoms with Crippen molar-refractivity contribution in [1.29, 1.82) is 0 Å². The predicted molar refractivity (Wildman–Crippen MR) is 52.7 cm³/mol. The highest BCUT2D eigenvalue weighted by Gasteiger charge is 2.13. The molecule has 1 amide bonds. The first-order valence-corrected chi connectivity index (χ1v) is 4.74. The van der Waals surface area contributed by atoms with Crippen molar-refractivity contribution in [3.05, 3.63) is 17.0 Å². The highest BCUT2D eigenvalue weighted by molar-refractivity contribution is 7.14. The van der Waals surface area contributed by atoms with Gasteiger partial charge in [-0.3, -0.25) is 4.79 Å². The van der Waals surface area contributed by atoms with Crippen molar-refractivity contribution in [2.75, 3.05) is 11.9 Å². The largest absolute Gasteiger partial charge is 0.394 e.